The van der Waals surface area contributed by atoms with Gasteiger partial charge in [-0.2, -0.15) is 0 Å². The summed E-state index contributed by atoms with van der Waals surface area (Å²) in [7, 11) is -0.476. The molecule has 0 saturated heterocycles. The fourth-order valence-electron chi connectivity index (χ4n) is 7.31. The largest absolute Gasteiger partial charge is 0.0932 e. The van der Waals surface area contributed by atoms with Crippen molar-refractivity contribution >= 4 is 15.8 Å². The SMILES string of the molecule is c1ccc(-c2ccccc2CP2Cc3ccccc3-c3ccccc3C2)c(CP2Cc3ccccc3-c3ccccc3C2)c1. The molecule has 2 heteroatoms. The molecule has 0 aliphatic carbocycles. The smallest absolute Gasteiger partial charge is 0.00610 e. The van der Waals surface area contributed by atoms with Crippen LogP contribution in [0.25, 0.3) is 33.4 Å². The molecule has 214 valence electrons. The Kier molecular flexibility index (Phi) is 7.74. The van der Waals surface area contributed by atoms with Crippen LogP contribution in [0.15, 0.2) is 146 Å². The minimum absolute atomic E-state index is 0.238. The molecule has 0 N–H and O–H groups in total. The third kappa shape index (κ3) is 5.48. The molecule has 0 bridgehead atoms. The normalized spacial score (nSPS) is 14.5. The first-order valence-electron chi connectivity index (χ1n) is 15.7. The predicted molar refractivity (Wildman–Crippen MR) is 192 cm³/mol. The molecule has 0 amide bonds. The molecule has 44 heavy (non-hydrogen) atoms. The van der Waals surface area contributed by atoms with E-state index in [0.717, 1.165) is 12.3 Å². The van der Waals surface area contributed by atoms with Gasteiger partial charge >= 0.3 is 0 Å². The lowest BCUT2D eigenvalue weighted by atomic mass is 9.97. The molecule has 0 atom stereocenters. The minimum Gasteiger partial charge on any atom is -0.0932 e. The lowest BCUT2D eigenvalue weighted by Gasteiger charge is -2.22. The number of benzene rings is 6. The average Bonchev–Trinajstić information content (AvgIpc) is 3.32. The molecule has 0 aromatic heterocycles. The Morgan fingerprint density at radius 1 is 0.295 bits per heavy atom. The summed E-state index contributed by atoms with van der Waals surface area (Å²) in [5.41, 5.74) is 17.7. The molecule has 0 nitrogen and oxygen atoms in total. The second-order valence-corrected chi connectivity index (χ2v) is 16.8. The fraction of sp³-hybridized carbons (Fsp3) is 0.143. The average molecular weight is 603 g/mol. The van der Waals surface area contributed by atoms with E-state index in [-0.39, 0.29) is 15.8 Å². The zero-order valence-electron chi connectivity index (χ0n) is 25.0. The minimum atomic E-state index is -0.238. The summed E-state index contributed by atoms with van der Waals surface area (Å²) in [6.07, 6.45) is 7.02. The summed E-state index contributed by atoms with van der Waals surface area (Å²) in [6, 6.07) is 54.9. The van der Waals surface area contributed by atoms with E-state index < -0.39 is 0 Å². The van der Waals surface area contributed by atoms with Gasteiger partial charge in [0.2, 0.25) is 0 Å². The van der Waals surface area contributed by atoms with Crippen molar-refractivity contribution in [3.63, 3.8) is 0 Å². The number of rotatable bonds is 5. The summed E-state index contributed by atoms with van der Waals surface area (Å²) in [5.74, 6) is 0. The topological polar surface area (TPSA) is 0 Å². The highest BCUT2D eigenvalue weighted by Crippen LogP contribution is 2.55. The predicted octanol–water partition coefficient (Wildman–Crippen LogP) is 12.1. The van der Waals surface area contributed by atoms with Crippen molar-refractivity contribution in [1.29, 1.82) is 0 Å². The van der Waals surface area contributed by atoms with Crippen LogP contribution in [0.3, 0.4) is 0 Å². The maximum atomic E-state index is 2.40. The summed E-state index contributed by atoms with van der Waals surface area (Å²) in [6.45, 7) is 0. The number of hydrogen-bond donors (Lipinski definition) is 0. The monoisotopic (exact) mass is 602 g/mol. The summed E-state index contributed by atoms with van der Waals surface area (Å²) in [4.78, 5) is 0. The number of fused-ring (bicyclic) bond motifs is 6. The van der Waals surface area contributed by atoms with Crippen LogP contribution < -0.4 is 0 Å². The van der Waals surface area contributed by atoms with E-state index in [1.165, 1.54) is 91.4 Å². The van der Waals surface area contributed by atoms with Gasteiger partial charge in [-0.15, -0.1) is 0 Å². The van der Waals surface area contributed by atoms with Gasteiger partial charge < -0.3 is 0 Å². The molecule has 0 fully saturated rings. The van der Waals surface area contributed by atoms with Gasteiger partial charge in [-0.1, -0.05) is 161 Å². The quantitative estimate of drug-likeness (QED) is 0.172. The van der Waals surface area contributed by atoms with Gasteiger partial charge in [0.1, 0.15) is 0 Å². The number of hydrogen-bond acceptors (Lipinski definition) is 0. The van der Waals surface area contributed by atoms with Gasteiger partial charge in [-0.25, -0.2) is 0 Å². The summed E-state index contributed by atoms with van der Waals surface area (Å²) < 4.78 is 0. The molecule has 0 spiro atoms. The lowest BCUT2D eigenvalue weighted by Crippen LogP contribution is -1.97. The maximum absolute atomic E-state index is 2.40. The van der Waals surface area contributed by atoms with Crippen molar-refractivity contribution in [1.82, 2.24) is 0 Å². The van der Waals surface area contributed by atoms with Crippen molar-refractivity contribution in [3.8, 4) is 33.4 Å². The van der Waals surface area contributed by atoms with E-state index in [2.05, 4.69) is 146 Å². The molecule has 0 saturated carbocycles. The maximum Gasteiger partial charge on any atom is -0.00610 e. The van der Waals surface area contributed by atoms with Crippen LogP contribution in [0, 0.1) is 0 Å². The van der Waals surface area contributed by atoms with Gasteiger partial charge in [0.15, 0.2) is 0 Å². The van der Waals surface area contributed by atoms with E-state index in [0.29, 0.717) is 0 Å². The molecule has 0 unspecified atom stereocenters. The summed E-state index contributed by atoms with van der Waals surface area (Å²) in [5, 5.41) is 0. The summed E-state index contributed by atoms with van der Waals surface area (Å²) >= 11 is 0. The van der Waals surface area contributed by atoms with Crippen LogP contribution in [-0.4, -0.2) is 0 Å². The molecule has 6 aromatic carbocycles. The molecular formula is C42H36P2. The van der Waals surface area contributed by atoms with Gasteiger partial charge in [0.25, 0.3) is 0 Å². The Balaban J connectivity index is 1.12. The van der Waals surface area contributed by atoms with Crippen LogP contribution in [-0.2, 0) is 37.0 Å². The molecule has 2 heterocycles. The van der Waals surface area contributed by atoms with Crippen molar-refractivity contribution in [2.75, 3.05) is 0 Å². The van der Waals surface area contributed by atoms with Crippen molar-refractivity contribution < 1.29 is 0 Å². The van der Waals surface area contributed by atoms with Crippen LogP contribution in [0.1, 0.15) is 33.4 Å². The van der Waals surface area contributed by atoms with Crippen molar-refractivity contribution in [2.45, 2.75) is 37.0 Å². The Labute approximate surface area is 264 Å². The third-order valence-electron chi connectivity index (χ3n) is 9.34. The molecule has 2 aliphatic rings. The third-order valence-corrected chi connectivity index (χ3v) is 14.1. The Morgan fingerprint density at radius 2 is 0.545 bits per heavy atom. The second kappa shape index (κ2) is 12.3. The Morgan fingerprint density at radius 3 is 0.864 bits per heavy atom. The van der Waals surface area contributed by atoms with E-state index in [9.17, 15) is 0 Å². The zero-order chi connectivity index (χ0) is 29.3. The van der Waals surface area contributed by atoms with Crippen LogP contribution in [0.2, 0.25) is 0 Å². The van der Waals surface area contributed by atoms with Crippen molar-refractivity contribution in [2.24, 2.45) is 0 Å². The fourth-order valence-corrected chi connectivity index (χ4v) is 12.5. The van der Waals surface area contributed by atoms with Gasteiger partial charge in [-0.3, -0.25) is 0 Å². The highest BCUT2D eigenvalue weighted by atomic mass is 31.1. The highest BCUT2D eigenvalue weighted by Gasteiger charge is 2.24. The van der Waals surface area contributed by atoms with Gasteiger partial charge in [0.05, 0.1) is 0 Å². The van der Waals surface area contributed by atoms with E-state index in [4.69, 9.17) is 0 Å². The van der Waals surface area contributed by atoms with Crippen molar-refractivity contribution in [3.05, 3.63) is 179 Å². The molecule has 0 radical (unpaired) electrons. The first kappa shape index (κ1) is 27.7. The van der Waals surface area contributed by atoms with E-state index in [1.54, 1.807) is 0 Å². The van der Waals surface area contributed by atoms with E-state index in [1.807, 2.05) is 0 Å². The lowest BCUT2D eigenvalue weighted by molar-refractivity contribution is 1.27. The molecule has 8 rings (SSSR count). The van der Waals surface area contributed by atoms with Gasteiger partial charge in [0, 0.05) is 0 Å². The second-order valence-electron chi connectivity index (χ2n) is 12.2. The molecule has 2 aliphatic heterocycles. The van der Waals surface area contributed by atoms with Crippen LogP contribution >= 0.6 is 15.8 Å². The first-order valence-corrected chi connectivity index (χ1v) is 19.5. The van der Waals surface area contributed by atoms with Gasteiger partial charge in [-0.05, 0) is 104 Å². The van der Waals surface area contributed by atoms with Crippen LogP contribution in [0.5, 0.6) is 0 Å². The molecule has 6 aromatic rings. The van der Waals surface area contributed by atoms with Crippen LogP contribution in [0.4, 0.5) is 0 Å². The zero-order valence-corrected chi connectivity index (χ0v) is 26.8. The standard InChI is InChI=1S/C42H36P2/c1-7-19-37-31(13-1)25-43(26-32-14-2-8-20-38(32)37)29-35-17-5-11-23-41(35)42-24-12-6-18-36(42)30-44-27-33-15-3-9-21-39(33)40-22-10-4-16-34(40)28-44/h1-24H,25-30H2. The molecular weight excluding hydrogens is 566 g/mol. The first-order chi connectivity index (χ1) is 21.8. The highest BCUT2D eigenvalue weighted by molar-refractivity contribution is 7.55. The Bertz CT molecular complexity index is 1720. The van der Waals surface area contributed by atoms with E-state index >= 15 is 0 Å². The Hall–Kier alpha value is -3.82.